The van der Waals surface area contributed by atoms with Crippen molar-refractivity contribution in [3.63, 3.8) is 0 Å². The minimum atomic E-state index is -0.311. The van der Waals surface area contributed by atoms with Crippen molar-refractivity contribution in [3.8, 4) is 11.5 Å². The van der Waals surface area contributed by atoms with Crippen LogP contribution < -0.4 is 0 Å². The van der Waals surface area contributed by atoms with Crippen molar-refractivity contribution in [2.24, 2.45) is 0 Å². The van der Waals surface area contributed by atoms with Gasteiger partial charge in [-0.3, -0.25) is 9.69 Å². The number of hydrogen-bond acceptors (Lipinski definition) is 5. The van der Waals surface area contributed by atoms with Gasteiger partial charge in [-0.05, 0) is 31.0 Å². The van der Waals surface area contributed by atoms with E-state index in [4.69, 9.17) is 9.15 Å². The number of piperazine rings is 1. The summed E-state index contributed by atoms with van der Waals surface area (Å²) in [5.74, 6) is 0.234. The Hall–Kier alpha value is -2.25. The first-order valence-electron chi connectivity index (χ1n) is 9.02. The van der Waals surface area contributed by atoms with Crippen LogP contribution in [0.1, 0.15) is 18.5 Å². The molecule has 0 radical (unpaired) electrons. The van der Waals surface area contributed by atoms with Gasteiger partial charge in [-0.15, -0.1) is 0 Å². The molecule has 7 heteroatoms. The van der Waals surface area contributed by atoms with E-state index in [1.807, 2.05) is 4.90 Å². The third-order valence-electron chi connectivity index (χ3n) is 4.90. The molecule has 26 heavy (non-hydrogen) atoms. The van der Waals surface area contributed by atoms with E-state index < -0.39 is 0 Å². The molecule has 1 unspecified atom stereocenters. The Morgan fingerprint density at radius 1 is 1.27 bits per heavy atom. The molecule has 1 amide bonds. The number of ether oxygens (including phenoxy) is 1. The number of aromatic nitrogens is 1. The number of halogens is 1. The van der Waals surface area contributed by atoms with Gasteiger partial charge in [0.1, 0.15) is 18.2 Å². The van der Waals surface area contributed by atoms with Crippen LogP contribution in [-0.4, -0.2) is 59.6 Å². The largest absolute Gasteiger partial charge is 0.444 e. The molecule has 2 fully saturated rings. The van der Waals surface area contributed by atoms with Crippen LogP contribution >= 0.6 is 0 Å². The summed E-state index contributed by atoms with van der Waals surface area (Å²) >= 11 is 0. The fourth-order valence-corrected chi connectivity index (χ4v) is 3.47. The first kappa shape index (κ1) is 17.2. The molecule has 2 aliphatic rings. The SMILES string of the molecule is O=C(C1CCCO1)N1CCN(Cc2coc(-c3cccc(F)c3)n2)CC1. The third kappa shape index (κ3) is 3.78. The van der Waals surface area contributed by atoms with Gasteiger partial charge in [0.25, 0.3) is 5.91 Å². The summed E-state index contributed by atoms with van der Waals surface area (Å²) in [6, 6.07) is 6.21. The van der Waals surface area contributed by atoms with E-state index in [0.717, 1.165) is 31.6 Å². The highest BCUT2D eigenvalue weighted by Crippen LogP contribution is 2.21. The monoisotopic (exact) mass is 359 g/mol. The van der Waals surface area contributed by atoms with Gasteiger partial charge in [-0.1, -0.05) is 6.07 Å². The lowest BCUT2D eigenvalue weighted by molar-refractivity contribution is -0.142. The molecule has 2 aliphatic heterocycles. The second-order valence-electron chi connectivity index (χ2n) is 6.76. The van der Waals surface area contributed by atoms with Crippen molar-refractivity contribution in [3.05, 3.63) is 42.0 Å². The average Bonchev–Trinajstić information content (AvgIpc) is 3.34. The van der Waals surface area contributed by atoms with E-state index in [1.165, 1.54) is 12.1 Å². The highest BCUT2D eigenvalue weighted by atomic mass is 19.1. The molecular formula is C19H22FN3O3. The Labute approximate surface area is 151 Å². The molecule has 2 aromatic rings. The van der Waals surface area contributed by atoms with Crippen LogP contribution in [0.15, 0.2) is 34.9 Å². The van der Waals surface area contributed by atoms with Crippen molar-refractivity contribution in [1.82, 2.24) is 14.8 Å². The maximum absolute atomic E-state index is 13.3. The van der Waals surface area contributed by atoms with Crippen molar-refractivity contribution < 1.29 is 18.3 Å². The Kier molecular flexibility index (Phi) is 4.99. The van der Waals surface area contributed by atoms with E-state index in [1.54, 1.807) is 18.4 Å². The van der Waals surface area contributed by atoms with Gasteiger partial charge in [0, 0.05) is 44.9 Å². The molecule has 0 bridgehead atoms. The number of amides is 1. The van der Waals surface area contributed by atoms with Gasteiger partial charge >= 0.3 is 0 Å². The number of benzene rings is 1. The maximum atomic E-state index is 13.3. The van der Waals surface area contributed by atoms with E-state index >= 15 is 0 Å². The summed E-state index contributed by atoms with van der Waals surface area (Å²) < 4.78 is 24.3. The van der Waals surface area contributed by atoms with Gasteiger partial charge in [0.05, 0.1) is 5.69 Å². The molecule has 0 spiro atoms. The fourth-order valence-electron chi connectivity index (χ4n) is 3.47. The minimum Gasteiger partial charge on any atom is -0.444 e. The summed E-state index contributed by atoms with van der Waals surface area (Å²) in [5, 5.41) is 0. The molecule has 1 aromatic heterocycles. The van der Waals surface area contributed by atoms with Gasteiger partial charge in [0.15, 0.2) is 0 Å². The normalized spacial score (nSPS) is 21.3. The van der Waals surface area contributed by atoms with Crippen LogP contribution in [0.3, 0.4) is 0 Å². The zero-order valence-corrected chi connectivity index (χ0v) is 14.6. The van der Waals surface area contributed by atoms with Gasteiger partial charge < -0.3 is 14.1 Å². The Morgan fingerprint density at radius 2 is 2.12 bits per heavy atom. The summed E-state index contributed by atoms with van der Waals surface area (Å²) in [6.07, 6.45) is 3.17. The van der Waals surface area contributed by atoms with Crippen molar-refractivity contribution >= 4 is 5.91 Å². The molecule has 1 atom stereocenters. The van der Waals surface area contributed by atoms with Gasteiger partial charge in [0.2, 0.25) is 5.89 Å². The lowest BCUT2D eigenvalue weighted by Crippen LogP contribution is -2.51. The van der Waals surface area contributed by atoms with Crippen LogP contribution in [0.2, 0.25) is 0 Å². The maximum Gasteiger partial charge on any atom is 0.251 e. The molecule has 0 aliphatic carbocycles. The topological polar surface area (TPSA) is 58.8 Å². The molecule has 0 saturated carbocycles. The quantitative estimate of drug-likeness (QED) is 0.838. The van der Waals surface area contributed by atoms with Gasteiger partial charge in [-0.25, -0.2) is 9.37 Å². The highest BCUT2D eigenvalue weighted by molar-refractivity contribution is 5.81. The van der Waals surface area contributed by atoms with E-state index in [2.05, 4.69) is 9.88 Å². The second kappa shape index (κ2) is 7.55. The fraction of sp³-hybridized carbons (Fsp3) is 0.474. The molecule has 1 aromatic carbocycles. The molecule has 3 heterocycles. The summed E-state index contributed by atoms with van der Waals surface area (Å²) in [7, 11) is 0. The molecule has 6 nitrogen and oxygen atoms in total. The minimum absolute atomic E-state index is 0.122. The average molecular weight is 359 g/mol. The first-order valence-corrected chi connectivity index (χ1v) is 9.02. The number of carbonyl (C=O) groups is 1. The van der Waals surface area contributed by atoms with Gasteiger partial charge in [-0.2, -0.15) is 0 Å². The molecule has 4 rings (SSSR count). The number of oxazole rings is 1. The number of rotatable bonds is 4. The third-order valence-corrected chi connectivity index (χ3v) is 4.90. The predicted molar refractivity (Wildman–Crippen MR) is 92.7 cm³/mol. The lowest BCUT2D eigenvalue weighted by atomic mass is 10.2. The Balaban J connectivity index is 1.31. The molecule has 0 N–H and O–H groups in total. The van der Waals surface area contributed by atoms with Crippen LogP contribution in [0.5, 0.6) is 0 Å². The highest BCUT2D eigenvalue weighted by Gasteiger charge is 2.30. The smallest absolute Gasteiger partial charge is 0.251 e. The van der Waals surface area contributed by atoms with Crippen LogP contribution in [0.25, 0.3) is 11.5 Å². The van der Waals surface area contributed by atoms with E-state index in [0.29, 0.717) is 37.7 Å². The Morgan fingerprint density at radius 3 is 2.85 bits per heavy atom. The summed E-state index contributed by atoms with van der Waals surface area (Å²) in [4.78, 5) is 21.0. The van der Waals surface area contributed by atoms with E-state index in [-0.39, 0.29) is 17.8 Å². The number of nitrogens with zero attached hydrogens (tertiary/aromatic N) is 3. The molecule has 2 saturated heterocycles. The van der Waals surface area contributed by atoms with Crippen LogP contribution in [0.4, 0.5) is 4.39 Å². The summed E-state index contributed by atoms with van der Waals surface area (Å²) in [6.45, 7) is 4.33. The van der Waals surface area contributed by atoms with Crippen molar-refractivity contribution in [2.75, 3.05) is 32.8 Å². The lowest BCUT2D eigenvalue weighted by Gasteiger charge is -2.35. The van der Waals surface area contributed by atoms with E-state index in [9.17, 15) is 9.18 Å². The second-order valence-corrected chi connectivity index (χ2v) is 6.76. The van der Waals surface area contributed by atoms with Crippen molar-refractivity contribution in [1.29, 1.82) is 0 Å². The predicted octanol–water partition coefficient (Wildman–Crippen LogP) is 2.30. The summed E-state index contributed by atoms with van der Waals surface area (Å²) in [5.41, 5.74) is 1.44. The first-order chi connectivity index (χ1) is 12.7. The zero-order chi connectivity index (χ0) is 17.9. The number of hydrogen-bond donors (Lipinski definition) is 0. The molecule has 138 valence electrons. The molecular weight excluding hydrogens is 337 g/mol. The Bertz CT molecular complexity index is 765. The van der Waals surface area contributed by atoms with Crippen molar-refractivity contribution in [2.45, 2.75) is 25.5 Å². The van der Waals surface area contributed by atoms with Crippen LogP contribution in [-0.2, 0) is 16.1 Å². The zero-order valence-electron chi connectivity index (χ0n) is 14.6. The standard InChI is InChI=1S/C19H22FN3O3/c20-15-4-1-3-14(11-15)18-21-16(13-26-18)12-22-6-8-23(9-7-22)19(24)17-5-2-10-25-17/h1,3-4,11,13,17H,2,5-10,12H2. The van der Waals surface area contributed by atoms with Crippen LogP contribution in [0, 0.1) is 5.82 Å². The number of carbonyl (C=O) groups excluding carboxylic acids is 1.